The highest BCUT2D eigenvalue weighted by atomic mass is 16.5. The Morgan fingerprint density at radius 2 is 1.85 bits per heavy atom. The van der Waals surface area contributed by atoms with E-state index < -0.39 is 18.4 Å². The van der Waals surface area contributed by atoms with E-state index in [2.05, 4.69) is 0 Å². The number of aromatic nitrogens is 1. The maximum Gasteiger partial charge on any atom is 0.343 e. The van der Waals surface area contributed by atoms with Crippen molar-refractivity contribution in [2.24, 2.45) is 7.05 Å². The molecule has 1 aromatic heterocycles. The van der Waals surface area contributed by atoms with Crippen molar-refractivity contribution >= 4 is 17.7 Å². The van der Waals surface area contributed by atoms with Crippen molar-refractivity contribution in [1.82, 2.24) is 4.57 Å². The molecule has 1 heterocycles. The van der Waals surface area contributed by atoms with E-state index in [9.17, 15) is 19.5 Å². The van der Waals surface area contributed by atoms with E-state index in [0.29, 0.717) is 5.56 Å². The van der Waals surface area contributed by atoms with Gasteiger partial charge in [-0.1, -0.05) is 24.3 Å². The number of esters is 1. The number of nitrogens with zero attached hydrogens (tertiary/aromatic N) is 1. The standard InChI is InChI=1S/C19H21NO6/c1-5-26-19(24)15-13(10-14(21)22)20(3)16(18(15)25-4)17(23)12-9-7-6-8-11(12)2/h6-9H,5,10H2,1-4H3,(H,21,22)/p-1. The maximum atomic E-state index is 13.1. The van der Waals surface area contributed by atoms with Gasteiger partial charge in [0.15, 0.2) is 5.75 Å². The van der Waals surface area contributed by atoms with E-state index >= 15 is 0 Å². The number of carboxylic acids is 1. The summed E-state index contributed by atoms with van der Waals surface area (Å²) in [6, 6.07) is 6.98. The summed E-state index contributed by atoms with van der Waals surface area (Å²) < 4.78 is 11.7. The fourth-order valence-electron chi connectivity index (χ4n) is 2.87. The fourth-order valence-corrected chi connectivity index (χ4v) is 2.87. The minimum absolute atomic E-state index is 0.00421. The molecule has 7 nitrogen and oxygen atoms in total. The van der Waals surface area contributed by atoms with Gasteiger partial charge in [0.05, 0.1) is 13.7 Å². The number of ketones is 1. The molecule has 0 fully saturated rings. The third-order valence-electron chi connectivity index (χ3n) is 4.07. The molecule has 0 aliphatic carbocycles. The number of carbonyl (C=O) groups is 3. The second-order valence-electron chi connectivity index (χ2n) is 5.68. The second-order valence-corrected chi connectivity index (χ2v) is 5.68. The number of benzene rings is 1. The summed E-state index contributed by atoms with van der Waals surface area (Å²) >= 11 is 0. The maximum absolute atomic E-state index is 13.1. The monoisotopic (exact) mass is 358 g/mol. The normalized spacial score (nSPS) is 10.5. The number of carboxylic acid groups (broad SMARTS) is 1. The van der Waals surface area contributed by atoms with Crippen LogP contribution in [0.1, 0.15) is 44.6 Å². The number of rotatable bonds is 7. The van der Waals surface area contributed by atoms with Crippen LogP contribution in [-0.2, 0) is 23.0 Å². The van der Waals surface area contributed by atoms with Crippen molar-refractivity contribution in [3.63, 3.8) is 0 Å². The Kier molecular flexibility index (Phi) is 5.82. The van der Waals surface area contributed by atoms with Crippen molar-refractivity contribution in [2.75, 3.05) is 13.7 Å². The summed E-state index contributed by atoms with van der Waals surface area (Å²) in [4.78, 5) is 36.6. The zero-order valence-electron chi connectivity index (χ0n) is 15.1. The van der Waals surface area contributed by atoms with Crippen LogP contribution in [0.4, 0.5) is 0 Å². The molecule has 0 saturated heterocycles. The van der Waals surface area contributed by atoms with Crippen molar-refractivity contribution in [1.29, 1.82) is 0 Å². The first kappa shape index (κ1) is 19.2. The molecule has 0 bridgehead atoms. The van der Waals surface area contributed by atoms with Crippen LogP contribution < -0.4 is 9.84 Å². The third-order valence-corrected chi connectivity index (χ3v) is 4.07. The highest BCUT2D eigenvalue weighted by Gasteiger charge is 2.32. The second kappa shape index (κ2) is 7.86. The molecule has 0 radical (unpaired) electrons. The van der Waals surface area contributed by atoms with Crippen molar-refractivity contribution in [3.05, 3.63) is 52.3 Å². The number of methoxy groups -OCH3 is 1. The molecule has 26 heavy (non-hydrogen) atoms. The quantitative estimate of drug-likeness (QED) is 0.542. The topological polar surface area (TPSA) is 97.7 Å². The van der Waals surface area contributed by atoms with Gasteiger partial charge in [-0.15, -0.1) is 0 Å². The van der Waals surface area contributed by atoms with Crippen LogP contribution >= 0.6 is 0 Å². The minimum atomic E-state index is -1.38. The average Bonchev–Trinajstić information content (AvgIpc) is 2.86. The summed E-state index contributed by atoms with van der Waals surface area (Å²) in [6.07, 6.45) is -0.554. The first-order chi connectivity index (χ1) is 12.3. The Balaban J connectivity index is 2.73. The van der Waals surface area contributed by atoms with Crippen LogP contribution in [0.3, 0.4) is 0 Å². The van der Waals surface area contributed by atoms with E-state index in [0.717, 1.165) is 5.56 Å². The van der Waals surface area contributed by atoms with Crippen LogP contribution in [0.2, 0.25) is 0 Å². The van der Waals surface area contributed by atoms with Gasteiger partial charge < -0.3 is 23.9 Å². The molecule has 7 heteroatoms. The Morgan fingerprint density at radius 1 is 1.19 bits per heavy atom. The first-order valence-electron chi connectivity index (χ1n) is 8.06. The number of ether oxygens (including phenoxy) is 2. The summed E-state index contributed by atoms with van der Waals surface area (Å²) in [7, 11) is 2.82. The molecule has 1 aromatic carbocycles. The number of hydrogen-bond acceptors (Lipinski definition) is 6. The molecule has 2 rings (SSSR count). The Morgan fingerprint density at radius 3 is 2.38 bits per heavy atom. The largest absolute Gasteiger partial charge is 0.550 e. The Bertz CT molecular complexity index is 865. The van der Waals surface area contributed by atoms with Gasteiger partial charge in [0, 0.05) is 30.7 Å². The van der Waals surface area contributed by atoms with Crippen LogP contribution in [-0.4, -0.2) is 36.0 Å². The predicted molar refractivity (Wildman–Crippen MR) is 91.2 cm³/mol. The molecule has 0 saturated carbocycles. The van der Waals surface area contributed by atoms with Gasteiger partial charge in [-0.3, -0.25) is 4.79 Å². The minimum Gasteiger partial charge on any atom is -0.550 e. The molecule has 2 aromatic rings. The van der Waals surface area contributed by atoms with E-state index in [1.54, 1.807) is 38.1 Å². The van der Waals surface area contributed by atoms with Crippen LogP contribution in [0.15, 0.2) is 24.3 Å². The van der Waals surface area contributed by atoms with E-state index in [1.807, 2.05) is 0 Å². The van der Waals surface area contributed by atoms with Crippen LogP contribution in [0, 0.1) is 6.92 Å². The lowest BCUT2D eigenvalue weighted by molar-refractivity contribution is -0.304. The van der Waals surface area contributed by atoms with Crippen LogP contribution in [0.5, 0.6) is 5.75 Å². The van der Waals surface area contributed by atoms with Gasteiger partial charge in [-0.25, -0.2) is 4.79 Å². The lowest BCUT2D eigenvalue weighted by atomic mass is 10.0. The zero-order chi connectivity index (χ0) is 19.4. The molecule has 0 aliphatic heterocycles. The lowest BCUT2D eigenvalue weighted by Gasteiger charge is -2.10. The van der Waals surface area contributed by atoms with Crippen LogP contribution in [0.25, 0.3) is 0 Å². The molecular formula is C19H20NO6-. The number of aryl methyl sites for hydroxylation is 1. The highest BCUT2D eigenvalue weighted by Crippen LogP contribution is 2.33. The summed E-state index contributed by atoms with van der Waals surface area (Å²) in [6.45, 7) is 3.52. The van der Waals surface area contributed by atoms with Gasteiger partial charge in [-0.2, -0.15) is 0 Å². The van der Waals surface area contributed by atoms with Gasteiger partial charge in [-0.05, 0) is 19.4 Å². The van der Waals surface area contributed by atoms with Gasteiger partial charge in [0.2, 0.25) is 5.78 Å². The molecule has 138 valence electrons. The molecule has 0 unspecified atom stereocenters. The fraction of sp³-hybridized carbons (Fsp3) is 0.316. The third kappa shape index (κ3) is 3.46. The SMILES string of the molecule is CCOC(=O)c1c(OC)c(C(=O)c2ccccc2C)n(C)c1CC(=O)[O-]. The van der Waals surface area contributed by atoms with Crippen molar-refractivity contribution < 1.29 is 29.0 Å². The molecule has 0 aliphatic rings. The van der Waals surface area contributed by atoms with E-state index in [1.165, 1.54) is 18.7 Å². The first-order valence-corrected chi connectivity index (χ1v) is 8.06. The van der Waals surface area contributed by atoms with E-state index in [4.69, 9.17) is 9.47 Å². The zero-order valence-corrected chi connectivity index (χ0v) is 15.1. The summed E-state index contributed by atoms with van der Waals surface area (Å²) in [5.74, 6) is -2.51. The summed E-state index contributed by atoms with van der Waals surface area (Å²) in [5, 5.41) is 11.2. The number of aliphatic carboxylic acids is 1. The van der Waals surface area contributed by atoms with Gasteiger partial charge >= 0.3 is 5.97 Å². The summed E-state index contributed by atoms with van der Waals surface area (Å²) in [5.41, 5.74) is 1.29. The molecule has 0 N–H and O–H groups in total. The molecule has 0 amide bonds. The van der Waals surface area contributed by atoms with E-state index in [-0.39, 0.29) is 35.1 Å². The number of hydrogen-bond donors (Lipinski definition) is 0. The van der Waals surface area contributed by atoms with Gasteiger partial charge in [0.1, 0.15) is 11.3 Å². The van der Waals surface area contributed by atoms with Gasteiger partial charge in [0.25, 0.3) is 0 Å². The predicted octanol–water partition coefficient (Wildman–Crippen LogP) is 1.04. The molecule has 0 spiro atoms. The lowest BCUT2D eigenvalue weighted by Crippen LogP contribution is -2.26. The van der Waals surface area contributed by atoms with Crippen molar-refractivity contribution in [3.8, 4) is 5.75 Å². The average molecular weight is 358 g/mol. The van der Waals surface area contributed by atoms with Crippen molar-refractivity contribution in [2.45, 2.75) is 20.3 Å². The number of carbonyl (C=O) groups excluding carboxylic acids is 3. The highest BCUT2D eigenvalue weighted by molar-refractivity contribution is 6.13. The Hall–Kier alpha value is -3.09. The Labute approximate surface area is 151 Å². The molecular weight excluding hydrogens is 338 g/mol. The molecule has 0 atom stereocenters. The smallest absolute Gasteiger partial charge is 0.343 e.